The Kier molecular flexibility index (Phi) is 4.18. The highest BCUT2D eigenvalue weighted by atomic mass is 16.7. The van der Waals surface area contributed by atoms with E-state index in [4.69, 9.17) is 9.47 Å². The van der Waals surface area contributed by atoms with Crippen molar-refractivity contribution in [3.63, 3.8) is 0 Å². The maximum atomic E-state index is 11.4. The molecule has 24 heavy (non-hydrogen) atoms. The first-order valence-electron chi connectivity index (χ1n) is 7.45. The first-order valence-corrected chi connectivity index (χ1v) is 7.45. The molecule has 1 heterocycles. The van der Waals surface area contributed by atoms with E-state index in [0.717, 1.165) is 18.1 Å². The monoisotopic (exact) mass is 324 g/mol. The van der Waals surface area contributed by atoms with Crippen molar-refractivity contribution in [2.75, 3.05) is 0 Å². The maximum absolute atomic E-state index is 11.4. The first kappa shape index (κ1) is 16.0. The Labute approximate surface area is 139 Å². The first-order chi connectivity index (χ1) is 11.5. The number of carbonyl (C=O) groups excluding carboxylic acids is 2. The molecule has 1 aliphatic heterocycles. The third kappa shape index (κ3) is 2.81. The van der Waals surface area contributed by atoms with Crippen molar-refractivity contribution in [1.29, 1.82) is 0 Å². The van der Waals surface area contributed by atoms with Crippen molar-refractivity contribution in [3.05, 3.63) is 77.6 Å². The van der Waals surface area contributed by atoms with Crippen molar-refractivity contribution < 1.29 is 24.2 Å². The zero-order valence-electron chi connectivity index (χ0n) is 13.0. The van der Waals surface area contributed by atoms with Gasteiger partial charge in [0.1, 0.15) is 5.75 Å². The van der Waals surface area contributed by atoms with Crippen LogP contribution >= 0.6 is 0 Å². The van der Waals surface area contributed by atoms with Gasteiger partial charge < -0.3 is 14.6 Å². The number of hydrogen-bond acceptors (Lipinski definition) is 5. The third-order valence-electron chi connectivity index (χ3n) is 3.84. The summed E-state index contributed by atoms with van der Waals surface area (Å²) in [5.41, 5.74) is 1.90. The van der Waals surface area contributed by atoms with Gasteiger partial charge in [-0.05, 0) is 17.7 Å². The van der Waals surface area contributed by atoms with Crippen LogP contribution in [0.1, 0.15) is 29.5 Å². The molecule has 2 aromatic rings. The number of carbonyl (C=O) groups is 2. The van der Waals surface area contributed by atoms with Gasteiger partial charge in [0.25, 0.3) is 5.79 Å². The van der Waals surface area contributed by atoms with Crippen molar-refractivity contribution in [3.8, 4) is 5.75 Å². The number of benzene rings is 2. The summed E-state index contributed by atoms with van der Waals surface area (Å²) in [6.07, 6.45) is 3.57. The molecule has 1 aliphatic rings. The molecular formula is C19H16O5. The lowest BCUT2D eigenvalue weighted by molar-refractivity contribution is -0.204. The van der Waals surface area contributed by atoms with Gasteiger partial charge in [0, 0.05) is 18.4 Å². The Morgan fingerprint density at radius 1 is 1.21 bits per heavy atom. The fourth-order valence-electron chi connectivity index (χ4n) is 2.82. The number of aldehydes is 1. The fraction of sp³-hybridized carbons (Fsp3) is 0.158. The minimum absolute atomic E-state index is 0.0930. The second kappa shape index (κ2) is 6.29. The summed E-state index contributed by atoms with van der Waals surface area (Å²) in [5, 5.41) is 10.5. The average Bonchev–Trinajstić information content (AvgIpc) is 2.60. The standard InChI is InChI=1S/C19H16O5/c1-13(21)24-19(22,12-20)17-9-5-8-16-15(10-11-23-18(16)17)14-6-3-2-4-7-14/h2-12,15,22H,1H3. The molecule has 1 N–H and O–H groups in total. The third-order valence-corrected chi connectivity index (χ3v) is 3.84. The van der Waals surface area contributed by atoms with Gasteiger partial charge in [-0.1, -0.05) is 42.5 Å². The average molecular weight is 324 g/mol. The summed E-state index contributed by atoms with van der Waals surface area (Å²) in [7, 11) is 0. The predicted molar refractivity (Wildman–Crippen MR) is 86.2 cm³/mol. The van der Waals surface area contributed by atoms with E-state index >= 15 is 0 Å². The number of fused-ring (bicyclic) bond motifs is 1. The fourth-order valence-corrected chi connectivity index (χ4v) is 2.82. The molecule has 0 aromatic heterocycles. The highest BCUT2D eigenvalue weighted by Crippen LogP contribution is 2.41. The zero-order valence-corrected chi connectivity index (χ0v) is 13.0. The normalized spacial score (nSPS) is 18.0. The Morgan fingerprint density at radius 2 is 1.96 bits per heavy atom. The molecule has 122 valence electrons. The van der Waals surface area contributed by atoms with E-state index in [1.807, 2.05) is 42.5 Å². The van der Waals surface area contributed by atoms with Crippen LogP contribution in [0.5, 0.6) is 5.75 Å². The van der Waals surface area contributed by atoms with E-state index in [1.54, 1.807) is 6.07 Å². The van der Waals surface area contributed by atoms with Crippen LogP contribution in [0.2, 0.25) is 0 Å². The minimum Gasteiger partial charge on any atom is -0.464 e. The van der Waals surface area contributed by atoms with Crippen LogP contribution in [0.15, 0.2) is 60.9 Å². The molecule has 0 saturated carbocycles. The van der Waals surface area contributed by atoms with E-state index in [2.05, 4.69) is 0 Å². The van der Waals surface area contributed by atoms with Gasteiger partial charge in [0.2, 0.25) is 0 Å². The summed E-state index contributed by atoms with van der Waals surface area (Å²) in [6, 6.07) is 14.8. The van der Waals surface area contributed by atoms with Crippen LogP contribution in [0, 0.1) is 0 Å². The molecule has 2 atom stereocenters. The molecule has 0 fully saturated rings. The van der Waals surface area contributed by atoms with Crippen LogP contribution in [-0.4, -0.2) is 17.4 Å². The van der Waals surface area contributed by atoms with Crippen molar-refractivity contribution >= 4 is 12.3 Å². The van der Waals surface area contributed by atoms with Gasteiger partial charge >= 0.3 is 5.97 Å². The number of esters is 1. The lowest BCUT2D eigenvalue weighted by Gasteiger charge is -2.28. The molecule has 0 amide bonds. The topological polar surface area (TPSA) is 72.8 Å². The number of para-hydroxylation sites is 1. The molecule has 2 unspecified atom stereocenters. The second-order valence-electron chi connectivity index (χ2n) is 5.47. The minimum atomic E-state index is -2.39. The number of allylic oxidation sites excluding steroid dienone is 1. The Bertz CT molecular complexity index is 797. The maximum Gasteiger partial charge on any atom is 0.305 e. The molecule has 0 radical (unpaired) electrons. The zero-order chi connectivity index (χ0) is 17.2. The van der Waals surface area contributed by atoms with Crippen molar-refractivity contribution in [2.45, 2.75) is 18.6 Å². The van der Waals surface area contributed by atoms with Crippen molar-refractivity contribution in [1.82, 2.24) is 0 Å². The molecule has 0 saturated heterocycles. The van der Waals surface area contributed by atoms with Gasteiger partial charge in [-0.15, -0.1) is 0 Å². The summed E-state index contributed by atoms with van der Waals surface area (Å²) >= 11 is 0. The molecule has 0 bridgehead atoms. The lowest BCUT2D eigenvalue weighted by atomic mass is 9.87. The van der Waals surface area contributed by atoms with Gasteiger partial charge in [-0.25, -0.2) is 0 Å². The van der Waals surface area contributed by atoms with E-state index in [9.17, 15) is 14.7 Å². The number of aliphatic hydroxyl groups is 1. The van der Waals surface area contributed by atoms with Gasteiger partial charge in [0.15, 0.2) is 6.29 Å². The highest BCUT2D eigenvalue weighted by molar-refractivity contribution is 5.74. The van der Waals surface area contributed by atoms with Crippen LogP contribution in [0.4, 0.5) is 0 Å². The second-order valence-corrected chi connectivity index (χ2v) is 5.47. The molecule has 5 nitrogen and oxygen atoms in total. The van der Waals surface area contributed by atoms with Crippen LogP contribution in [0.25, 0.3) is 0 Å². The van der Waals surface area contributed by atoms with Gasteiger partial charge in [-0.2, -0.15) is 0 Å². The van der Waals surface area contributed by atoms with Gasteiger partial charge in [-0.3, -0.25) is 9.59 Å². The SMILES string of the molecule is CC(=O)OC(O)(C=O)c1cccc2c1OC=CC2c1ccccc1. The smallest absolute Gasteiger partial charge is 0.305 e. The van der Waals surface area contributed by atoms with E-state index in [1.165, 1.54) is 12.3 Å². The molecule has 0 aliphatic carbocycles. The Morgan fingerprint density at radius 3 is 2.62 bits per heavy atom. The summed E-state index contributed by atoms with van der Waals surface area (Å²) < 4.78 is 10.4. The van der Waals surface area contributed by atoms with E-state index < -0.39 is 11.8 Å². The van der Waals surface area contributed by atoms with Crippen LogP contribution in [-0.2, 0) is 20.1 Å². The quantitative estimate of drug-likeness (QED) is 0.532. The highest BCUT2D eigenvalue weighted by Gasteiger charge is 2.38. The molecular weight excluding hydrogens is 308 g/mol. The van der Waals surface area contributed by atoms with Crippen LogP contribution in [0.3, 0.4) is 0 Å². The number of ether oxygens (including phenoxy) is 2. The predicted octanol–water partition coefficient (Wildman–Crippen LogP) is 2.63. The lowest BCUT2D eigenvalue weighted by Crippen LogP contribution is -2.34. The number of rotatable bonds is 4. The Balaban J connectivity index is 2.11. The van der Waals surface area contributed by atoms with E-state index in [0.29, 0.717) is 5.75 Å². The molecule has 0 spiro atoms. The van der Waals surface area contributed by atoms with E-state index in [-0.39, 0.29) is 17.8 Å². The number of hydrogen-bond donors (Lipinski definition) is 1. The van der Waals surface area contributed by atoms with Crippen LogP contribution < -0.4 is 4.74 Å². The summed E-state index contributed by atoms with van der Waals surface area (Å²) in [4.78, 5) is 22.6. The van der Waals surface area contributed by atoms with Crippen molar-refractivity contribution in [2.24, 2.45) is 0 Å². The molecule has 2 aromatic carbocycles. The summed E-state index contributed by atoms with van der Waals surface area (Å²) in [6.45, 7) is 1.12. The Hall–Kier alpha value is -2.92. The molecule has 5 heteroatoms. The van der Waals surface area contributed by atoms with Gasteiger partial charge in [0.05, 0.1) is 11.8 Å². The molecule has 3 rings (SSSR count). The largest absolute Gasteiger partial charge is 0.464 e. The summed E-state index contributed by atoms with van der Waals surface area (Å²) in [5.74, 6) is -2.94.